The van der Waals surface area contributed by atoms with Gasteiger partial charge in [0.1, 0.15) is 0 Å². The van der Waals surface area contributed by atoms with Crippen LogP contribution in [0, 0.1) is 11.3 Å². The molecule has 118 valence electrons. The van der Waals surface area contributed by atoms with Crippen LogP contribution in [0.2, 0.25) is 0 Å². The predicted molar refractivity (Wildman–Crippen MR) is 91.5 cm³/mol. The highest BCUT2D eigenvalue weighted by molar-refractivity contribution is 5.20. The summed E-state index contributed by atoms with van der Waals surface area (Å²) in [6.45, 7) is 15.1. The predicted octanol–water partition coefficient (Wildman–Crippen LogP) is 4.09. The molecule has 1 fully saturated rings. The van der Waals surface area contributed by atoms with E-state index in [-0.39, 0.29) is 0 Å². The fourth-order valence-electron chi connectivity index (χ4n) is 3.29. The lowest BCUT2D eigenvalue weighted by atomic mass is 9.89. The van der Waals surface area contributed by atoms with Crippen molar-refractivity contribution in [3.05, 3.63) is 35.9 Å². The van der Waals surface area contributed by atoms with Gasteiger partial charge in [0.2, 0.25) is 0 Å². The van der Waals surface area contributed by atoms with Gasteiger partial charge in [0.25, 0.3) is 0 Å². The third-order valence-electron chi connectivity index (χ3n) is 4.64. The van der Waals surface area contributed by atoms with E-state index < -0.39 is 0 Å². The Bertz CT molecular complexity index is 421. The topological polar surface area (TPSA) is 15.3 Å². The van der Waals surface area contributed by atoms with E-state index in [1.165, 1.54) is 12.0 Å². The van der Waals surface area contributed by atoms with Gasteiger partial charge in [0.05, 0.1) is 0 Å². The Balaban J connectivity index is 2.16. The molecule has 1 aliphatic heterocycles. The summed E-state index contributed by atoms with van der Waals surface area (Å²) in [6, 6.07) is 12.1. The van der Waals surface area contributed by atoms with Crippen molar-refractivity contribution in [2.24, 2.45) is 11.3 Å². The molecule has 1 heterocycles. The van der Waals surface area contributed by atoms with E-state index in [0.717, 1.165) is 25.6 Å². The molecular weight excluding hydrogens is 256 g/mol. The van der Waals surface area contributed by atoms with Crippen LogP contribution in [0.5, 0.6) is 0 Å². The van der Waals surface area contributed by atoms with Gasteiger partial charge in [-0.25, -0.2) is 0 Å². The first-order chi connectivity index (χ1) is 9.90. The minimum Gasteiger partial charge on any atom is -0.311 e. The molecular formula is C19H32N2. The maximum absolute atomic E-state index is 3.79. The summed E-state index contributed by atoms with van der Waals surface area (Å²) in [5.74, 6) is 0.740. The molecule has 3 atom stereocenters. The molecule has 0 aliphatic carbocycles. The Labute approximate surface area is 130 Å². The summed E-state index contributed by atoms with van der Waals surface area (Å²) >= 11 is 0. The van der Waals surface area contributed by atoms with E-state index in [4.69, 9.17) is 0 Å². The molecule has 2 nitrogen and oxygen atoms in total. The van der Waals surface area contributed by atoms with Gasteiger partial charge in [-0.15, -0.1) is 0 Å². The van der Waals surface area contributed by atoms with Crippen molar-refractivity contribution in [3.8, 4) is 0 Å². The van der Waals surface area contributed by atoms with Gasteiger partial charge in [-0.2, -0.15) is 0 Å². The molecule has 1 aliphatic rings. The number of nitrogens with zero attached hydrogens (tertiary/aromatic N) is 1. The number of rotatable bonds is 4. The van der Waals surface area contributed by atoms with E-state index >= 15 is 0 Å². The van der Waals surface area contributed by atoms with Gasteiger partial charge in [0.15, 0.2) is 0 Å². The maximum Gasteiger partial charge on any atom is 0.0473 e. The number of hydrogen-bond donors (Lipinski definition) is 1. The standard InChI is InChI=1S/C19H32N2/c1-6-15(2)17-13-21(14-19(3,4)5)18(12-20-17)16-10-8-7-9-11-16/h7-11,15,17-18,20H,6,12-14H2,1-5H3. The van der Waals surface area contributed by atoms with Crippen LogP contribution in [0.25, 0.3) is 0 Å². The Morgan fingerprint density at radius 2 is 1.90 bits per heavy atom. The minimum absolute atomic E-state index is 0.338. The van der Waals surface area contributed by atoms with Gasteiger partial charge in [-0.3, -0.25) is 4.90 Å². The average Bonchev–Trinajstić information content (AvgIpc) is 2.45. The summed E-state index contributed by atoms with van der Waals surface area (Å²) < 4.78 is 0. The number of benzene rings is 1. The molecule has 0 spiro atoms. The molecule has 21 heavy (non-hydrogen) atoms. The number of nitrogens with one attached hydrogen (secondary N) is 1. The van der Waals surface area contributed by atoms with E-state index in [0.29, 0.717) is 17.5 Å². The first kappa shape index (κ1) is 16.5. The van der Waals surface area contributed by atoms with Crippen molar-refractivity contribution in [1.29, 1.82) is 0 Å². The highest BCUT2D eigenvalue weighted by Crippen LogP contribution is 2.29. The Morgan fingerprint density at radius 3 is 2.48 bits per heavy atom. The van der Waals surface area contributed by atoms with Crippen LogP contribution in [-0.4, -0.2) is 30.6 Å². The largest absolute Gasteiger partial charge is 0.311 e. The van der Waals surface area contributed by atoms with Crippen LogP contribution in [0.15, 0.2) is 30.3 Å². The lowest BCUT2D eigenvalue weighted by Gasteiger charge is -2.45. The average molecular weight is 288 g/mol. The van der Waals surface area contributed by atoms with Gasteiger partial charge in [-0.05, 0) is 16.9 Å². The fourth-order valence-corrected chi connectivity index (χ4v) is 3.29. The van der Waals surface area contributed by atoms with Crippen LogP contribution < -0.4 is 5.32 Å². The van der Waals surface area contributed by atoms with Crippen molar-refractivity contribution >= 4 is 0 Å². The molecule has 1 saturated heterocycles. The highest BCUT2D eigenvalue weighted by atomic mass is 15.2. The van der Waals surface area contributed by atoms with E-state index in [2.05, 4.69) is 75.2 Å². The normalized spacial score (nSPS) is 25.8. The first-order valence-corrected chi connectivity index (χ1v) is 8.43. The van der Waals surface area contributed by atoms with Crippen LogP contribution in [0.4, 0.5) is 0 Å². The molecule has 0 bridgehead atoms. The Morgan fingerprint density at radius 1 is 1.24 bits per heavy atom. The van der Waals surface area contributed by atoms with Crippen molar-refractivity contribution in [2.75, 3.05) is 19.6 Å². The third-order valence-corrected chi connectivity index (χ3v) is 4.64. The third kappa shape index (κ3) is 4.55. The van der Waals surface area contributed by atoms with Crippen molar-refractivity contribution in [1.82, 2.24) is 10.2 Å². The molecule has 0 saturated carbocycles. The van der Waals surface area contributed by atoms with Gasteiger partial charge < -0.3 is 5.32 Å². The zero-order valence-corrected chi connectivity index (χ0v) is 14.4. The molecule has 3 unspecified atom stereocenters. The summed E-state index contributed by atoms with van der Waals surface area (Å²) in [5, 5.41) is 3.79. The van der Waals surface area contributed by atoms with Gasteiger partial charge in [-0.1, -0.05) is 71.4 Å². The van der Waals surface area contributed by atoms with Crippen molar-refractivity contribution in [2.45, 2.75) is 53.1 Å². The summed E-state index contributed by atoms with van der Waals surface area (Å²) in [5.41, 5.74) is 1.78. The van der Waals surface area contributed by atoms with Crippen LogP contribution in [0.1, 0.15) is 52.6 Å². The van der Waals surface area contributed by atoms with Gasteiger partial charge in [0, 0.05) is 31.7 Å². The van der Waals surface area contributed by atoms with E-state index in [1.54, 1.807) is 0 Å². The zero-order chi connectivity index (χ0) is 15.5. The first-order valence-electron chi connectivity index (χ1n) is 8.43. The molecule has 0 amide bonds. The fraction of sp³-hybridized carbons (Fsp3) is 0.684. The maximum atomic E-state index is 3.79. The van der Waals surface area contributed by atoms with Crippen molar-refractivity contribution < 1.29 is 0 Å². The molecule has 2 heteroatoms. The SMILES string of the molecule is CCC(C)C1CN(CC(C)(C)C)C(c2ccccc2)CN1. The lowest BCUT2D eigenvalue weighted by Crippen LogP contribution is -2.56. The minimum atomic E-state index is 0.338. The summed E-state index contributed by atoms with van der Waals surface area (Å²) in [7, 11) is 0. The second-order valence-corrected chi connectivity index (χ2v) is 7.82. The summed E-state index contributed by atoms with van der Waals surface area (Å²) in [4.78, 5) is 2.70. The number of hydrogen-bond acceptors (Lipinski definition) is 2. The molecule has 1 aromatic rings. The van der Waals surface area contributed by atoms with Crippen LogP contribution >= 0.6 is 0 Å². The van der Waals surface area contributed by atoms with Crippen LogP contribution in [-0.2, 0) is 0 Å². The smallest absolute Gasteiger partial charge is 0.0473 e. The molecule has 2 rings (SSSR count). The molecule has 1 aromatic carbocycles. The van der Waals surface area contributed by atoms with Gasteiger partial charge >= 0.3 is 0 Å². The second kappa shape index (κ2) is 6.93. The Hall–Kier alpha value is -0.860. The second-order valence-electron chi connectivity index (χ2n) is 7.82. The Kier molecular flexibility index (Phi) is 5.45. The van der Waals surface area contributed by atoms with Crippen molar-refractivity contribution in [3.63, 3.8) is 0 Å². The summed E-state index contributed by atoms with van der Waals surface area (Å²) in [6.07, 6.45) is 1.25. The molecule has 0 radical (unpaired) electrons. The lowest BCUT2D eigenvalue weighted by molar-refractivity contribution is 0.0752. The zero-order valence-electron chi connectivity index (χ0n) is 14.4. The van der Waals surface area contributed by atoms with E-state index in [1.807, 2.05) is 0 Å². The quantitative estimate of drug-likeness (QED) is 0.897. The number of piperazine rings is 1. The van der Waals surface area contributed by atoms with E-state index in [9.17, 15) is 0 Å². The highest BCUT2D eigenvalue weighted by Gasteiger charge is 2.32. The molecule has 0 aromatic heterocycles. The molecule has 1 N–H and O–H groups in total. The monoisotopic (exact) mass is 288 g/mol. The van der Waals surface area contributed by atoms with Crippen LogP contribution in [0.3, 0.4) is 0 Å².